The van der Waals surface area contributed by atoms with E-state index in [1.54, 1.807) is 40.2 Å². The molecular weight excluding hydrogens is 419 g/mol. The van der Waals surface area contributed by atoms with Gasteiger partial charge in [0.25, 0.3) is 11.8 Å². The summed E-state index contributed by atoms with van der Waals surface area (Å²) in [5, 5.41) is 13.4. The van der Waals surface area contributed by atoms with Gasteiger partial charge in [0.2, 0.25) is 0 Å². The fraction of sp³-hybridized carbons (Fsp3) is 0.0455. The SMILES string of the molecule is O=C(NO)c1ccc(CNC(=O)c2ccc(-c3cccs3)n2-c2ccc(F)cc2)cn1. The Kier molecular flexibility index (Phi) is 5.87. The zero-order valence-corrected chi connectivity index (χ0v) is 16.9. The number of carbonyl (C=O) groups is 2. The van der Waals surface area contributed by atoms with Crippen LogP contribution in [0.3, 0.4) is 0 Å². The van der Waals surface area contributed by atoms with Gasteiger partial charge in [0, 0.05) is 18.4 Å². The zero-order chi connectivity index (χ0) is 21.8. The highest BCUT2D eigenvalue weighted by molar-refractivity contribution is 7.13. The van der Waals surface area contributed by atoms with Crippen LogP contribution in [-0.2, 0) is 6.54 Å². The molecule has 0 fully saturated rings. The lowest BCUT2D eigenvalue weighted by molar-refractivity contribution is 0.0700. The molecule has 0 atom stereocenters. The van der Waals surface area contributed by atoms with Crippen LogP contribution in [0.2, 0.25) is 0 Å². The number of thiophene rings is 1. The molecular formula is C22H17FN4O3S. The van der Waals surface area contributed by atoms with Crippen LogP contribution in [-0.4, -0.2) is 26.6 Å². The minimum Gasteiger partial charge on any atom is -0.347 e. The van der Waals surface area contributed by atoms with E-state index in [0.717, 1.165) is 10.6 Å². The monoisotopic (exact) mass is 436 g/mol. The van der Waals surface area contributed by atoms with Crippen LogP contribution in [0.15, 0.2) is 72.2 Å². The molecule has 0 aliphatic rings. The molecule has 3 heterocycles. The number of nitrogens with zero attached hydrogens (tertiary/aromatic N) is 2. The summed E-state index contributed by atoms with van der Waals surface area (Å²) in [5.74, 6) is -1.39. The average molecular weight is 436 g/mol. The maximum atomic E-state index is 13.4. The number of pyridine rings is 1. The van der Waals surface area contributed by atoms with E-state index in [1.807, 2.05) is 23.6 Å². The third-order valence-corrected chi connectivity index (χ3v) is 5.48. The number of hydroxylamine groups is 1. The topological polar surface area (TPSA) is 96.3 Å². The summed E-state index contributed by atoms with van der Waals surface area (Å²) in [5.41, 5.74) is 4.15. The van der Waals surface area contributed by atoms with Crippen molar-refractivity contribution < 1.29 is 19.2 Å². The van der Waals surface area contributed by atoms with Crippen molar-refractivity contribution in [1.82, 2.24) is 20.3 Å². The van der Waals surface area contributed by atoms with Gasteiger partial charge in [-0.25, -0.2) is 9.87 Å². The number of halogens is 1. The molecule has 2 amide bonds. The minimum absolute atomic E-state index is 0.0587. The second kappa shape index (κ2) is 8.90. The highest BCUT2D eigenvalue weighted by Crippen LogP contribution is 2.30. The Bertz CT molecular complexity index is 1200. The smallest absolute Gasteiger partial charge is 0.293 e. The van der Waals surface area contributed by atoms with Gasteiger partial charge in [0.15, 0.2) is 0 Å². The van der Waals surface area contributed by atoms with Crippen molar-refractivity contribution in [3.8, 4) is 16.3 Å². The summed E-state index contributed by atoms with van der Waals surface area (Å²) in [6.07, 6.45) is 1.45. The number of carbonyl (C=O) groups excluding carboxylic acids is 2. The van der Waals surface area contributed by atoms with Gasteiger partial charge in [0.05, 0.1) is 10.6 Å². The first-order valence-electron chi connectivity index (χ1n) is 9.26. The number of nitrogens with one attached hydrogen (secondary N) is 2. The maximum Gasteiger partial charge on any atom is 0.293 e. The lowest BCUT2D eigenvalue weighted by atomic mass is 10.2. The first kappa shape index (κ1) is 20.5. The second-order valence-corrected chi connectivity index (χ2v) is 7.52. The van der Waals surface area contributed by atoms with E-state index in [4.69, 9.17) is 5.21 Å². The molecule has 0 saturated heterocycles. The minimum atomic E-state index is -0.714. The van der Waals surface area contributed by atoms with Crippen molar-refractivity contribution in [2.24, 2.45) is 0 Å². The molecule has 31 heavy (non-hydrogen) atoms. The highest BCUT2D eigenvalue weighted by atomic mass is 32.1. The number of benzene rings is 1. The van der Waals surface area contributed by atoms with E-state index >= 15 is 0 Å². The lowest BCUT2D eigenvalue weighted by Crippen LogP contribution is -2.25. The van der Waals surface area contributed by atoms with Crippen LogP contribution in [0, 0.1) is 5.82 Å². The Balaban J connectivity index is 1.59. The predicted molar refractivity (Wildman–Crippen MR) is 114 cm³/mol. The van der Waals surface area contributed by atoms with Gasteiger partial charge in [-0.05, 0) is 59.5 Å². The molecule has 3 aromatic heterocycles. The van der Waals surface area contributed by atoms with Crippen molar-refractivity contribution in [2.75, 3.05) is 0 Å². The van der Waals surface area contributed by atoms with Gasteiger partial charge in [-0.15, -0.1) is 11.3 Å². The molecule has 3 N–H and O–H groups in total. The standard InChI is InChI=1S/C22H17FN4O3S/c23-15-4-6-16(7-5-15)27-18(20-2-1-11-31-20)9-10-19(27)22(29)25-13-14-3-8-17(24-12-14)21(28)26-30/h1-12,30H,13H2,(H,25,29)(H,26,28). The molecule has 0 radical (unpaired) electrons. The van der Waals surface area contributed by atoms with Crippen molar-refractivity contribution in [3.05, 3.63) is 95.0 Å². The Morgan fingerprint density at radius 1 is 1.03 bits per heavy atom. The van der Waals surface area contributed by atoms with Crippen LogP contribution in [0.4, 0.5) is 4.39 Å². The number of rotatable bonds is 6. The van der Waals surface area contributed by atoms with Gasteiger partial charge in [0.1, 0.15) is 17.2 Å². The van der Waals surface area contributed by atoms with Gasteiger partial charge in [-0.1, -0.05) is 12.1 Å². The van der Waals surface area contributed by atoms with E-state index in [1.165, 1.54) is 29.9 Å². The van der Waals surface area contributed by atoms with E-state index in [0.29, 0.717) is 16.9 Å². The van der Waals surface area contributed by atoms with Crippen LogP contribution in [0.25, 0.3) is 16.3 Å². The zero-order valence-electron chi connectivity index (χ0n) is 16.1. The molecule has 0 aliphatic heterocycles. The summed E-state index contributed by atoms with van der Waals surface area (Å²) < 4.78 is 15.2. The summed E-state index contributed by atoms with van der Waals surface area (Å²) in [6, 6.07) is 16.5. The van der Waals surface area contributed by atoms with Gasteiger partial charge >= 0.3 is 0 Å². The maximum absolute atomic E-state index is 13.4. The Morgan fingerprint density at radius 3 is 2.48 bits per heavy atom. The van der Waals surface area contributed by atoms with E-state index in [2.05, 4.69) is 10.3 Å². The summed E-state index contributed by atoms with van der Waals surface area (Å²) in [7, 11) is 0. The normalized spacial score (nSPS) is 10.6. The fourth-order valence-electron chi connectivity index (χ4n) is 3.09. The predicted octanol–water partition coefficient (Wildman–Crippen LogP) is 3.79. The van der Waals surface area contributed by atoms with Crippen molar-refractivity contribution >= 4 is 23.2 Å². The molecule has 4 rings (SSSR count). The number of hydrogen-bond acceptors (Lipinski definition) is 5. The molecule has 0 aliphatic carbocycles. The van der Waals surface area contributed by atoms with Crippen LogP contribution in [0.1, 0.15) is 26.5 Å². The van der Waals surface area contributed by atoms with Crippen LogP contribution in [0.5, 0.6) is 0 Å². The van der Waals surface area contributed by atoms with Crippen molar-refractivity contribution in [3.63, 3.8) is 0 Å². The van der Waals surface area contributed by atoms with Crippen LogP contribution < -0.4 is 10.8 Å². The quantitative estimate of drug-likeness (QED) is 0.317. The first-order valence-corrected chi connectivity index (χ1v) is 10.1. The number of amides is 2. The van der Waals surface area contributed by atoms with E-state index in [-0.39, 0.29) is 24.0 Å². The number of aromatic nitrogens is 2. The molecule has 0 bridgehead atoms. The molecule has 156 valence electrons. The molecule has 7 nitrogen and oxygen atoms in total. The van der Waals surface area contributed by atoms with E-state index in [9.17, 15) is 14.0 Å². The average Bonchev–Trinajstić information content (AvgIpc) is 3.48. The Hall–Kier alpha value is -3.82. The Morgan fingerprint density at radius 2 is 1.84 bits per heavy atom. The fourth-order valence-corrected chi connectivity index (χ4v) is 3.83. The highest BCUT2D eigenvalue weighted by Gasteiger charge is 2.18. The lowest BCUT2D eigenvalue weighted by Gasteiger charge is -2.13. The third kappa shape index (κ3) is 4.37. The second-order valence-electron chi connectivity index (χ2n) is 6.57. The summed E-state index contributed by atoms with van der Waals surface area (Å²) in [4.78, 5) is 29.2. The van der Waals surface area contributed by atoms with Gasteiger partial charge in [-0.3, -0.25) is 19.8 Å². The van der Waals surface area contributed by atoms with Gasteiger partial charge < -0.3 is 9.88 Å². The van der Waals surface area contributed by atoms with Crippen molar-refractivity contribution in [1.29, 1.82) is 0 Å². The molecule has 0 unspecified atom stereocenters. The van der Waals surface area contributed by atoms with Gasteiger partial charge in [-0.2, -0.15) is 0 Å². The number of hydrogen-bond donors (Lipinski definition) is 3. The van der Waals surface area contributed by atoms with Crippen LogP contribution >= 0.6 is 11.3 Å². The largest absolute Gasteiger partial charge is 0.347 e. The third-order valence-electron chi connectivity index (χ3n) is 4.58. The first-order chi connectivity index (χ1) is 15.1. The molecule has 0 spiro atoms. The van der Waals surface area contributed by atoms with E-state index < -0.39 is 5.91 Å². The summed E-state index contributed by atoms with van der Waals surface area (Å²) >= 11 is 1.54. The Labute approximate surface area is 180 Å². The molecule has 1 aromatic carbocycles. The summed E-state index contributed by atoms with van der Waals surface area (Å²) in [6.45, 7) is 0.190. The molecule has 9 heteroatoms. The molecule has 0 saturated carbocycles. The molecule has 4 aromatic rings. The van der Waals surface area contributed by atoms with Crippen molar-refractivity contribution in [2.45, 2.75) is 6.54 Å².